The van der Waals surface area contributed by atoms with Gasteiger partial charge in [0.1, 0.15) is 5.82 Å². The normalized spacial score (nSPS) is 16.6. The Hall–Kier alpha value is -2.82. The Labute approximate surface area is 205 Å². The minimum absolute atomic E-state index is 0.00269. The molecular weight excluding hydrogens is 483 g/mol. The van der Waals surface area contributed by atoms with Crippen molar-refractivity contribution in [1.29, 1.82) is 0 Å². The molecule has 1 fully saturated rings. The van der Waals surface area contributed by atoms with E-state index in [0.29, 0.717) is 17.6 Å². The van der Waals surface area contributed by atoms with E-state index in [2.05, 4.69) is 9.88 Å². The summed E-state index contributed by atoms with van der Waals surface area (Å²) in [7, 11) is 0. The summed E-state index contributed by atoms with van der Waals surface area (Å²) in [5.41, 5.74) is 9.41. The third kappa shape index (κ3) is 5.10. The van der Waals surface area contributed by atoms with Crippen LogP contribution in [0.1, 0.15) is 36.2 Å². The van der Waals surface area contributed by atoms with Crippen LogP contribution < -0.4 is 11.5 Å². The van der Waals surface area contributed by atoms with Gasteiger partial charge >= 0.3 is 12.1 Å². The van der Waals surface area contributed by atoms with Crippen molar-refractivity contribution in [3.63, 3.8) is 0 Å². The number of halogens is 4. The highest BCUT2D eigenvalue weighted by atomic mass is 35.5. The average Bonchev–Trinajstić information content (AvgIpc) is 3.43. The van der Waals surface area contributed by atoms with E-state index in [0.717, 1.165) is 45.0 Å². The molecular formula is C24H27ClF3N5O2. The predicted octanol–water partition coefficient (Wildman–Crippen LogP) is 4.26. The van der Waals surface area contributed by atoms with E-state index in [4.69, 9.17) is 23.1 Å². The van der Waals surface area contributed by atoms with Crippen molar-refractivity contribution in [3.8, 4) is 0 Å². The summed E-state index contributed by atoms with van der Waals surface area (Å²) in [4.78, 5) is 19.4. The monoisotopic (exact) mass is 509 g/mol. The number of nitrogens with two attached hydrogens (primary N) is 2. The second kappa shape index (κ2) is 9.67. The maximum absolute atomic E-state index is 13.5. The first kappa shape index (κ1) is 25.3. The molecule has 0 radical (unpaired) electrons. The molecule has 1 aromatic heterocycles. The zero-order valence-electron chi connectivity index (χ0n) is 19.0. The number of benzene rings is 2. The van der Waals surface area contributed by atoms with Crippen LogP contribution in [0, 0.1) is 0 Å². The molecule has 1 aliphatic rings. The molecule has 11 heteroatoms. The van der Waals surface area contributed by atoms with Crippen LogP contribution in [0.15, 0.2) is 36.4 Å². The highest BCUT2D eigenvalue weighted by molar-refractivity contribution is 6.33. The quantitative estimate of drug-likeness (QED) is 0.391. The Bertz CT molecular complexity index is 1240. The molecule has 3 aromatic rings. The number of imidazole rings is 1. The molecule has 2 heterocycles. The number of carboxylic acid groups (broad SMARTS) is 1. The fourth-order valence-electron chi connectivity index (χ4n) is 4.68. The highest BCUT2D eigenvalue weighted by Gasteiger charge is 2.42. The Morgan fingerprint density at radius 1 is 1.14 bits per heavy atom. The third-order valence-corrected chi connectivity index (χ3v) is 6.78. The van der Waals surface area contributed by atoms with Crippen LogP contribution in [0.3, 0.4) is 0 Å². The Morgan fingerprint density at radius 3 is 2.49 bits per heavy atom. The van der Waals surface area contributed by atoms with Gasteiger partial charge < -0.3 is 26.0 Å². The van der Waals surface area contributed by atoms with Crippen molar-refractivity contribution in [3.05, 3.63) is 58.4 Å². The molecule has 0 saturated carbocycles. The number of anilines is 1. The third-order valence-electron chi connectivity index (χ3n) is 6.47. The largest absolute Gasteiger partial charge is 0.480 e. The van der Waals surface area contributed by atoms with E-state index in [1.165, 1.54) is 6.07 Å². The number of fused-ring (bicyclic) bond motifs is 1. The Morgan fingerprint density at radius 2 is 1.83 bits per heavy atom. The van der Waals surface area contributed by atoms with E-state index in [1.807, 2.05) is 12.1 Å². The van der Waals surface area contributed by atoms with Crippen LogP contribution in [0.25, 0.3) is 11.0 Å². The van der Waals surface area contributed by atoms with Crippen LogP contribution in [0.5, 0.6) is 0 Å². The summed E-state index contributed by atoms with van der Waals surface area (Å²) in [6.45, 7) is 3.38. The van der Waals surface area contributed by atoms with Gasteiger partial charge in [-0.3, -0.25) is 0 Å². The van der Waals surface area contributed by atoms with E-state index in [9.17, 15) is 23.1 Å². The minimum atomic E-state index is -4.76. The van der Waals surface area contributed by atoms with Crippen LogP contribution in [0.4, 0.5) is 18.9 Å². The molecule has 0 aliphatic carbocycles. The van der Waals surface area contributed by atoms with Crippen molar-refractivity contribution in [2.45, 2.75) is 43.9 Å². The summed E-state index contributed by atoms with van der Waals surface area (Å²) < 4.78 is 42.2. The molecule has 188 valence electrons. The average molecular weight is 510 g/mol. The number of nitrogen functional groups attached to an aromatic ring is 1. The number of hydrogen-bond acceptors (Lipinski definition) is 5. The summed E-state index contributed by atoms with van der Waals surface area (Å²) in [6, 6.07) is 9.19. The number of aliphatic carboxylic acids is 1. The first-order valence-electron chi connectivity index (χ1n) is 11.4. The summed E-state index contributed by atoms with van der Waals surface area (Å²) in [6.07, 6.45) is -2.15. The molecule has 1 unspecified atom stereocenters. The lowest BCUT2D eigenvalue weighted by atomic mass is 9.89. The number of hydrogen-bond donors (Lipinski definition) is 3. The fourth-order valence-corrected chi connectivity index (χ4v) is 4.93. The van der Waals surface area contributed by atoms with Crippen LogP contribution in [-0.4, -0.2) is 45.2 Å². The molecule has 0 amide bonds. The molecule has 7 nitrogen and oxygen atoms in total. The van der Waals surface area contributed by atoms with Gasteiger partial charge in [-0.15, -0.1) is 0 Å². The lowest BCUT2D eigenvalue weighted by molar-refractivity contribution is -0.144. The second-order valence-corrected chi connectivity index (χ2v) is 9.38. The van der Waals surface area contributed by atoms with Gasteiger partial charge in [0.05, 0.1) is 27.3 Å². The van der Waals surface area contributed by atoms with E-state index < -0.39 is 35.4 Å². The van der Waals surface area contributed by atoms with Crippen molar-refractivity contribution in [1.82, 2.24) is 14.5 Å². The lowest BCUT2D eigenvalue weighted by Crippen LogP contribution is -2.49. The maximum atomic E-state index is 13.5. The number of rotatable bonds is 8. The van der Waals surface area contributed by atoms with Crippen LogP contribution >= 0.6 is 11.6 Å². The number of aromatic nitrogens is 2. The van der Waals surface area contributed by atoms with E-state index in [1.54, 1.807) is 16.7 Å². The van der Waals surface area contributed by atoms with Crippen LogP contribution in [0.2, 0.25) is 5.02 Å². The Balaban J connectivity index is 1.74. The zero-order valence-corrected chi connectivity index (χ0v) is 19.7. The maximum Gasteiger partial charge on any atom is 0.418 e. The molecule has 1 atom stereocenters. The van der Waals surface area contributed by atoms with Crippen molar-refractivity contribution >= 4 is 34.3 Å². The van der Waals surface area contributed by atoms with E-state index in [-0.39, 0.29) is 16.4 Å². The van der Waals surface area contributed by atoms with Gasteiger partial charge in [0.2, 0.25) is 0 Å². The summed E-state index contributed by atoms with van der Waals surface area (Å²) in [5, 5.41) is 9.86. The summed E-state index contributed by atoms with van der Waals surface area (Å²) in [5.74, 6) is -1.33. The van der Waals surface area contributed by atoms with E-state index >= 15 is 0 Å². The smallest absolute Gasteiger partial charge is 0.418 e. The molecule has 5 N–H and O–H groups in total. The fraction of sp³-hybridized carbons (Fsp3) is 0.417. The van der Waals surface area contributed by atoms with Gasteiger partial charge in [0.25, 0.3) is 0 Å². The van der Waals surface area contributed by atoms with Gasteiger partial charge in [-0.05, 0) is 68.7 Å². The summed E-state index contributed by atoms with van der Waals surface area (Å²) >= 11 is 5.97. The predicted molar refractivity (Wildman–Crippen MR) is 128 cm³/mol. The van der Waals surface area contributed by atoms with Gasteiger partial charge in [0.15, 0.2) is 5.54 Å². The first-order chi connectivity index (χ1) is 16.5. The second-order valence-electron chi connectivity index (χ2n) is 8.97. The number of carbonyl (C=O) groups is 1. The lowest BCUT2D eigenvalue weighted by Gasteiger charge is -2.26. The number of carboxylic acids is 1. The molecule has 35 heavy (non-hydrogen) atoms. The minimum Gasteiger partial charge on any atom is -0.480 e. The first-order valence-corrected chi connectivity index (χ1v) is 11.7. The van der Waals surface area contributed by atoms with Gasteiger partial charge in [0, 0.05) is 13.0 Å². The molecule has 4 rings (SSSR count). The number of alkyl halides is 3. The number of aryl methyl sites for hydroxylation is 1. The van der Waals surface area contributed by atoms with Gasteiger partial charge in [-0.1, -0.05) is 23.7 Å². The molecule has 1 aliphatic heterocycles. The molecule has 0 spiro atoms. The number of likely N-dealkylation sites (tertiary alicyclic amines) is 1. The molecule has 2 aromatic carbocycles. The number of para-hydroxylation sites is 2. The molecule has 0 bridgehead atoms. The SMILES string of the molecule is Nc1c(Cl)cc(CC(N)(C(=O)O)c2nc3ccccc3n2CCCN2CCCC2)cc1C(F)(F)F. The molecule has 1 saturated heterocycles. The van der Waals surface area contributed by atoms with Crippen LogP contribution in [-0.2, 0) is 29.5 Å². The standard InChI is InChI=1S/C24H27ClF3N5O2/c25-17-13-15(12-16(20(17)29)24(26,27)28)14-23(30,22(34)35)21-31-18-6-1-2-7-19(18)33(21)11-5-10-32-8-3-4-9-32/h1-2,6-7,12-13H,3-5,8-11,14,29-30H2,(H,34,35). The number of nitrogens with zero attached hydrogens (tertiary/aromatic N) is 3. The zero-order chi connectivity index (χ0) is 25.4. The highest BCUT2D eigenvalue weighted by Crippen LogP contribution is 2.39. The Kier molecular flexibility index (Phi) is 6.99. The van der Waals surface area contributed by atoms with Gasteiger partial charge in [-0.2, -0.15) is 13.2 Å². The van der Waals surface area contributed by atoms with Crippen molar-refractivity contribution in [2.75, 3.05) is 25.4 Å². The van der Waals surface area contributed by atoms with Crippen molar-refractivity contribution < 1.29 is 23.1 Å². The van der Waals surface area contributed by atoms with Crippen molar-refractivity contribution in [2.24, 2.45) is 5.73 Å². The topological polar surface area (TPSA) is 110 Å². The van der Waals surface area contributed by atoms with Gasteiger partial charge in [-0.25, -0.2) is 9.78 Å².